The average molecular weight is 620 g/mol. The van der Waals surface area contributed by atoms with Gasteiger partial charge < -0.3 is 10.2 Å². The minimum Gasteiger partial charge on any atom is -0.354 e. The first kappa shape index (κ1) is 32.0. The highest BCUT2D eigenvalue weighted by molar-refractivity contribution is 7.89. The van der Waals surface area contributed by atoms with Crippen LogP contribution in [0.4, 0.5) is 13.2 Å². The van der Waals surface area contributed by atoms with Gasteiger partial charge in [0.2, 0.25) is 21.8 Å². The zero-order valence-electron chi connectivity index (χ0n) is 25.1. The van der Waals surface area contributed by atoms with E-state index in [1.165, 1.54) is 6.92 Å². The van der Waals surface area contributed by atoms with Crippen LogP contribution in [-0.2, 0) is 19.6 Å². The van der Waals surface area contributed by atoms with Crippen molar-refractivity contribution in [1.82, 2.24) is 25.0 Å². The summed E-state index contributed by atoms with van der Waals surface area (Å²) < 4.78 is 71.1. The van der Waals surface area contributed by atoms with Crippen LogP contribution in [0.3, 0.4) is 0 Å². The van der Waals surface area contributed by atoms with E-state index < -0.39 is 39.5 Å². The Morgan fingerprint density at radius 2 is 1.45 bits per heavy atom. The minimum atomic E-state index is -4.53. The van der Waals surface area contributed by atoms with Crippen LogP contribution in [0.25, 0.3) is 0 Å². The van der Waals surface area contributed by atoms with Crippen molar-refractivity contribution in [3.63, 3.8) is 0 Å². The van der Waals surface area contributed by atoms with Gasteiger partial charge in [0.15, 0.2) is 0 Å². The van der Waals surface area contributed by atoms with Crippen LogP contribution in [0, 0.1) is 29.6 Å². The fourth-order valence-corrected chi connectivity index (χ4v) is 10.7. The molecule has 5 fully saturated rings. The second kappa shape index (κ2) is 12.5. The molecule has 2 amide bonds. The summed E-state index contributed by atoms with van der Waals surface area (Å²) in [6, 6.07) is -2.37. The summed E-state index contributed by atoms with van der Waals surface area (Å²) in [7, 11) is -3.44. The number of amides is 2. The number of fused-ring (bicyclic) bond motifs is 1. The third-order valence-corrected chi connectivity index (χ3v) is 13.0. The van der Waals surface area contributed by atoms with E-state index in [1.54, 1.807) is 14.2 Å². The summed E-state index contributed by atoms with van der Waals surface area (Å²) in [5.41, 5.74) is 2.68. The number of sulfonamides is 1. The SMILES string of the molecule is CC(=O)NC1CCC(S(=O)(=O)N2CCC(C3CCN4NC(C(F)(F)F)C(C(=O)N5CC(C)CC(C)C5)C4C3)CC2)CC1. The highest BCUT2D eigenvalue weighted by atomic mass is 32.2. The first-order valence-corrected chi connectivity index (χ1v) is 17.4. The first-order chi connectivity index (χ1) is 19.7. The number of nitrogens with zero attached hydrogens (tertiary/aromatic N) is 3. The molecule has 0 bridgehead atoms. The fraction of sp³-hybridized carbons (Fsp3) is 0.931. The predicted molar refractivity (Wildman–Crippen MR) is 152 cm³/mol. The summed E-state index contributed by atoms with van der Waals surface area (Å²) >= 11 is 0. The molecule has 0 radical (unpaired) electrons. The van der Waals surface area contributed by atoms with Gasteiger partial charge in [0.25, 0.3) is 0 Å². The molecule has 0 aromatic heterocycles. The standard InChI is InChI=1S/C29H48F3N5O4S/c1-18-14-19(2)17-35(16-18)28(39)26-25-15-22(10-13-37(25)34-27(26)29(30,31)32)21-8-11-36(12-9-21)42(40,41)24-6-4-23(5-7-24)33-20(3)38/h18-19,21-27,34H,4-17H2,1-3H3,(H,33,38). The van der Waals surface area contributed by atoms with Crippen molar-refractivity contribution in [1.29, 1.82) is 0 Å². The van der Waals surface area contributed by atoms with Gasteiger partial charge in [0.1, 0.15) is 6.04 Å². The van der Waals surface area contributed by atoms with Gasteiger partial charge in [0.05, 0.1) is 11.2 Å². The Morgan fingerprint density at radius 3 is 2.02 bits per heavy atom. The molecule has 1 aliphatic carbocycles. The monoisotopic (exact) mass is 619 g/mol. The highest BCUT2D eigenvalue weighted by Crippen LogP contribution is 2.44. The summed E-state index contributed by atoms with van der Waals surface area (Å²) in [5.74, 6) is -0.732. The number of piperidine rings is 3. The maximum atomic E-state index is 14.2. The molecule has 4 saturated heterocycles. The fourth-order valence-electron chi connectivity index (χ4n) is 8.68. The number of likely N-dealkylation sites (tertiary alicyclic amines) is 1. The molecule has 4 aliphatic heterocycles. The quantitative estimate of drug-likeness (QED) is 0.491. The van der Waals surface area contributed by atoms with Crippen LogP contribution in [-0.4, -0.2) is 96.7 Å². The number of hydrazine groups is 1. The smallest absolute Gasteiger partial charge is 0.354 e. The molecular formula is C29H48F3N5O4S. The van der Waals surface area contributed by atoms with Crippen molar-refractivity contribution in [3.8, 4) is 0 Å². The average Bonchev–Trinajstić information content (AvgIpc) is 3.32. The molecule has 5 aliphatic rings. The Bertz CT molecular complexity index is 1080. The molecule has 6 unspecified atom stereocenters. The van der Waals surface area contributed by atoms with E-state index in [9.17, 15) is 31.2 Å². The lowest BCUT2D eigenvalue weighted by Gasteiger charge is -2.43. The van der Waals surface area contributed by atoms with Crippen molar-refractivity contribution in [2.75, 3.05) is 32.7 Å². The van der Waals surface area contributed by atoms with Gasteiger partial charge in [-0.1, -0.05) is 13.8 Å². The summed E-state index contributed by atoms with van der Waals surface area (Å²) in [6.45, 7) is 7.89. The number of carbonyl (C=O) groups excluding carboxylic acids is 2. The lowest BCUT2D eigenvalue weighted by Crippen LogP contribution is -2.53. The van der Waals surface area contributed by atoms with Crippen LogP contribution >= 0.6 is 0 Å². The number of hydrogen-bond donors (Lipinski definition) is 2. The Hall–Kier alpha value is -1.44. The van der Waals surface area contributed by atoms with E-state index in [-0.39, 0.29) is 41.5 Å². The topological polar surface area (TPSA) is 102 Å². The maximum absolute atomic E-state index is 14.2. The zero-order valence-corrected chi connectivity index (χ0v) is 25.9. The van der Waals surface area contributed by atoms with Gasteiger partial charge in [-0.25, -0.2) is 23.2 Å². The van der Waals surface area contributed by atoms with E-state index >= 15 is 0 Å². The van der Waals surface area contributed by atoms with Gasteiger partial charge in [0, 0.05) is 51.7 Å². The number of halogens is 3. The van der Waals surface area contributed by atoms with E-state index in [2.05, 4.69) is 24.6 Å². The lowest BCUT2D eigenvalue weighted by molar-refractivity contribution is -0.173. The molecule has 6 atom stereocenters. The maximum Gasteiger partial charge on any atom is 0.406 e. The number of carbonyl (C=O) groups is 2. The molecule has 0 spiro atoms. The van der Waals surface area contributed by atoms with Crippen molar-refractivity contribution in [2.45, 2.75) is 108 Å². The van der Waals surface area contributed by atoms with Crippen molar-refractivity contribution < 1.29 is 31.2 Å². The van der Waals surface area contributed by atoms with Gasteiger partial charge in [-0.05, 0) is 81.5 Å². The molecule has 13 heteroatoms. The molecule has 240 valence electrons. The number of rotatable bonds is 5. The number of hydrogen-bond acceptors (Lipinski definition) is 6. The largest absolute Gasteiger partial charge is 0.406 e. The molecule has 0 aromatic carbocycles. The second-order valence-corrected chi connectivity index (χ2v) is 16.1. The van der Waals surface area contributed by atoms with Crippen molar-refractivity contribution >= 4 is 21.8 Å². The van der Waals surface area contributed by atoms with E-state index in [0.29, 0.717) is 77.7 Å². The third-order valence-electron chi connectivity index (χ3n) is 10.6. The van der Waals surface area contributed by atoms with Gasteiger partial charge in [-0.15, -0.1) is 0 Å². The van der Waals surface area contributed by atoms with E-state index in [0.717, 1.165) is 12.8 Å². The van der Waals surface area contributed by atoms with Crippen molar-refractivity contribution in [3.05, 3.63) is 0 Å². The van der Waals surface area contributed by atoms with Gasteiger partial charge >= 0.3 is 6.18 Å². The Labute approximate surface area is 248 Å². The van der Waals surface area contributed by atoms with E-state index in [1.807, 2.05) is 0 Å². The summed E-state index contributed by atoms with van der Waals surface area (Å²) in [6.07, 6.45) is 1.44. The molecular weight excluding hydrogens is 571 g/mol. The van der Waals surface area contributed by atoms with Crippen LogP contribution in [0.15, 0.2) is 0 Å². The van der Waals surface area contributed by atoms with Crippen LogP contribution in [0.1, 0.15) is 78.6 Å². The zero-order chi connectivity index (χ0) is 30.4. The Balaban J connectivity index is 1.21. The minimum absolute atomic E-state index is 0.0324. The Kier molecular flexibility index (Phi) is 9.52. The highest BCUT2D eigenvalue weighted by Gasteiger charge is 2.59. The molecule has 1 saturated carbocycles. The predicted octanol–water partition coefficient (Wildman–Crippen LogP) is 3.13. The molecule has 2 N–H and O–H groups in total. The summed E-state index contributed by atoms with van der Waals surface area (Å²) in [4.78, 5) is 26.8. The molecule has 4 heterocycles. The number of nitrogens with one attached hydrogen (secondary N) is 2. The molecule has 0 aromatic rings. The Morgan fingerprint density at radius 1 is 0.857 bits per heavy atom. The van der Waals surface area contributed by atoms with Crippen molar-refractivity contribution in [2.24, 2.45) is 29.6 Å². The summed E-state index contributed by atoms with van der Waals surface area (Å²) in [5, 5.41) is 4.13. The third kappa shape index (κ3) is 6.78. The molecule has 9 nitrogen and oxygen atoms in total. The lowest BCUT2D eigenvalue weighted by atomic mass is 9.74. The van der Waals surface area contributed by atoms with Crippen LogP contribution in [0.2, 0.25) is 0 Å². The van der Waals surface area contributed by atoms with Crippen LogP contribution < -0.4 is 10.7 Å². The molecule has 5 rings (SSSR count). The molecule has 42 heavy (non-hydrogen) atoms. The second-order valence-electron chi connectivity index (χ2n) is 13.9. The first-order valence-electron chi connectivity index (χ1n) is 15.9. The van der Waals surface area contributed by atoms with Crippen LogP contribution in [0.5, 0.6) is 0 Å². The normalized spacial score (nSPS) is 37.8. The van der Waals surface area contributed by atoms with Gasteiger partial charge in [-0.3, -0.25) is 9.59 Å². The number of alkyl halides is 3. The van der Waals surface area contributed by atoms with E-state index in [4.69, 9.17) is 0 Å². The van der Waals surface area contributed by atoms with Gasteiger partial charge in [-0.2, -0.15) is 13.2 Å².